The van der Waals surface area contributed by atoms with Crippen molar-refractivity contribution >= 4 is 11.5 Å². The Hall–Kier alpha value is -2.82. The standard InChI is InChI=1S/C13H9F3N4O/c14-13(15,16)8-21-11-4-1-9(2-5-11)18-12-6-3-10(7-17)19-20-12/h1-6H,8H2,(H,18,20). The number of alkyl halides is 3. The van der Waals surface area contributed by atoms with Gasteiger partial charge in [0.05, 0.1) is 0 Å². The first-order chi connectivity index (χ1) is 9.96. The Morgan fingerprint density at radius 2 is 1.81 bits per heavy atom. The van der Waals surface area contributed by atoms with Gasteiger partial charge in [0.2, 0.25) is 0 Å². The first-order valence-electron chi connectivity index (χ1n) is 5.77. The molecular formula is C13H9F3N4O. The molecule has 2 aromatic rings. The Labute approximate surface area is 118 Å². The number of aromatic nitrogens is 2. The maximum absolute atomic E-state index is 12.0. The van der Waals surface area contributed by atoms with Crippen molar-refractivity contribution in [2.45, 2.75) is 6.18 Å². The number of nitriles is 1. The molecule has 0 atom stereocenters. The van der Waals surface area contributed by atoms with E-state index in [1.165, 1.54) is 18.2 Å². The molecule has 21 heavy (non-hydrogen) atoms. The highest BCUT2D eigenvalue weighted by molar-refractivity contribution is 5.56. The second-order valence-electron chi connectivity index (χ2n) is 3.97. The van der Waals surface area contributed by atoms with E-state index in [2.05, 4.69) is 20.3 Å². The van der Waals surface area contributed by atoms with Crippen LogP contribution in [-0.2, 0) is 0 Å². The molecule has 1 N–H and O–H groups in total. The zero-order valence-corrected chi connectivity index (χ0v) is 10.6. The van der Waals surface area contributed by atoms with E-state index in [0.29, 0.717) is 11.5 Å². The predicted molar refractivity (Wildman–Crippen MR) is 68.0 cm³/mol. The Balaban J connectivity index is 1.97. The maximum Gasteiger partial charge on any atom is 0.422 e. The molecule has 0 amide bonds. The monoisotopic (exact) mass is 294 g/mol. The topological polar surface area (TPSA) is 70.8 Å². The largest absolute Gasteiger partial charge is 0.484 e. The van der Waals surface area contributed by atoms with E-state index < -0.39 is 12.8 Å². The summed E-state index contributed by atoms with van der Waals surface area (Å²) in [5, 5.41) is 18.9. The van der Waals surface area contributed by atoms with Crippen molar-refractivity contribution in [3.63, 3.8) is 0 Å². The van der Waals surface area contributed by atoms with Gasteiger partial charge in [0.15, 0.2) is 18.1 Å². The average Bonchev–Trinajstić information content (AvgIpc) is 2.46. The van der Waals surface area contributed by atoms with Crippen LogP contribution in [0.5, 0.6) is 5.75 Å². The number of hydrogen-bond donors (Lipinski definition) is 1. The predicted octanol–water partition coefficient (Wildman–Crippen LogP) is 3.03. The molecule has 0 saturated carbocycles. The summed E-state index contributed by atoms with van der Waals surface area (Å²) in [5.74, 6) is 0.529. The fourth-order valence-corrected chi connectivity index (χ4v) is 1.41. The lowest BCUT2D eigenvalue weighted by Crippen LogP contribution is -2.19. The quantitative estimate of drug-likeness (QED) is 0.938. The van der Waals surface area contributed by atoms with Crippen molar-refractivity contribution in [2.75, 3.05) is 11.9 Å². The third-order valence-electron chi connectivity index (χ3n) is 2.31. The van der Waals surface area contributed by atoms with Gasteiger partial charge in [-0.3, -0.25) is 0 Å². The van der Waals surface area contributed by atoms with Crippen LogP contribution < -0.4 is 10.1 Å². The molecule has 8 heteroatoms. The second-order valence-corrected chi connectivity index (χ2v) is 3.97. The van der Waals surface area contributed by atoms with Gasteiger partial charge in [0.1, 0.15) is 11.8 Å². The highest BCUT2D eigenvalue weighted by Crippen LogP contribution is 2.21. The molecule has 0 aliphatic carbocycles. The zero-order valence-electron chi connectivity index (χ0n) is 10.6. The van der Waals surface area contributed by atoms with Crippen molar-refractivity contribution in [3.8, 4) is 11.8 Å². The zero-order chi connectivity index (χ0) is 15.3. The van der Waals surface area contributed by atoms with E-state index >= 15 is 0 Å². The smallest absolute Gasteiger partial charge is 0.422 e. The van der Waals surface area contributed by atoms with Crippen LogP contribution in [0.25, 0.3) is 0 Å². The van der Waals surface area contributed by atoms with Crippen molar-refractivity contribution in [3.05, 3.63) is 42.1 Å². The molecule has 1 aromatic heterocycles. The molecule has 0 bridgehead atoms. The van der Waals surface area contributed by atoms with Crippen LogP contribution in [-0.4, -0.2) is 23.0 Å². The molecule has 1 aromatic carbocycles. The summed E-state index contributed by atoms with van der Waals surface area (Å²) in [6, 6.07) is 10.8. The summed E-state index contributed by atoms with van der Waals surface area (Å²) < 4.78 is 40.6. The molecule has 5 nitrogen and oxygen atoms in total. The summed E-state index contributed by atoms with van der Waals surface area (Å²) in [4.78, 5) is 0. The van der Waals surface area contributed by atoms with E-state index in [-0.39, 0.29) is 11.4 Å². The van der Waals surface area contributed by atoms with Gasteiger partial charge in [0.25, 0.3) is 0 Å². The van der Waals surface area contributed by atoms with Gasteiger partial charge in [-0.15, -0.1) is 10.2 Å². The highest BCUT2D eigenvalue weighted by Gasteiger charge is 2.28. The van der Waals surface area contributed by atoms with Gasteiger partial charge in [-0.2, -0.15) is 18.4 Å². The van der Waals surface area contributed by atoms with Crippen molar-refractivity contribution in [1.82, 2.24) is 10.2 Å². The van der Waals surface area contributed by atoms with E-state index in [4.69, 9.17) is 5.26 Å². The SMILES string of the molecule is N#Cc1ccc(Nc2ccc(OCC(F)(F)F)cc2)nn1. The molecule has 0 aliphatic heterocycles. The minimum atomic E-state index is -4.37. The second kappa shape index (κ2) is 6.09. The number of nitrogens with zero attached hydrogens (tertiary/aromatic N) is 3. The van der Waals surface area contributed by atoms with Crippen molar-refractivity contribution in [1.29, 1.82) is 5.26 Å². The van der Waals surface area contributed by atoms with Gasteiger partial charge in [-0.25, -0.2) is 0 Å². The molecule has 0 saturated heterocycles. The Morgan fingerprint density at radius 3 is 2.33 bits per heavy atom. The third-order valence-corrected chi connectivity index (χ3v) is 2.31. The first kappa shape index (κ1) is 14.6. The Kier molecular flexibility index (Phi) is 4.23. The lowest BCUT2D eigenvalue weighted by atomic mass is 10.3. The van der Waals surface area contributed by atoms with Crippen molar-refractivity contribution in [2.24, 2.45) is 0 Å². The van der Waals surface area contributed by atoms with E-state index in [0.717, 1.165) is 0 Å². The van der Waals surface area contributed by atoms with Gasteiger partial charge in [0, 0.05) is 5.69 Å². The first-order valence-corrected chi connectivity index (χ1v) is 5.77. The van der Waals surface area contributed by atoms with Gasteiger partial charge >= 0.3 is 6.18 Å². The Bertz CT molecular complexity index is 632. The van der Waals surface area contributed by atoms with Crippen LogP contribution in [0.15, 0.2) is 36.4 Å². The number of ether oxygens (including phenoxy) is 1. The highest BCUT2D eigenvalue weighted by atomic mass is 19.4. The summed E-state index contributed by atoms with van der Waals surface area (Å²) in [7, 11) is 0. The number of hydrogen-bond acceptors (Lipinski definition) is 5. The third kappa shape index (κ3) is 4.65. The lowest BCUT2D eigenvalue weighted by molar-refractivity contribution is -0.153. The number of anilines is 2. The van der Waals surface area contributed by atoms with Crippen LogP contribution in [0, 0.1) is 11.3 Å². The van der Waals surface area contributed by atoms with Crippen molar-refractivity contribution < 1.29 is 17.9 Å². The molecule has 108 valence electrons. The van der Waals surface area contributed by atoms with Crippen LogP contribution in [0.4, 0.5) is 24.7 Å². The summed E-state index contributed by atoms with van der Waals surface area (Å²) >= 11 is 0. The molecule has 1 heterocycles. The maximum atomic E-state index is 12.0. The van der Waals surface area contributed by atoms with Gasteiger partial charge in [-0.05, 0) is 36.4 Å². The van der Waals surface area contributed by atoms with Crippen LogP contribution in [0.2, 0.25) is 0 Å². The van der Waals surface area contributed by atoms with Crippen LogP contribution in [0.3, 0.4) is 0 Å². The number of benzene rings is 1. The molecule has 0 spiro atoms. The van der Waals surface area contributed by atoms with E-state index in [9.17, 15) is 13.2 Å². The number of halogens is 3. The minimum Gasteiger partial charge on any atom is -0.484 e. The van der Waals surface area contributed by atoms with Gasteiger partial charge < -0.3 is 10.1 Å². The molecule has 0 aliphatic rings. The summed E-state index contributed by atoms with van der Waals surface area (Å²) in [6.45, 7) is -1.33. The average molecular weight is 294 g/mol. The van der Waals surface area contributed by atoms with Gasteiger partial charge in [-0.1, -0.05) is 0 Å². The fraction of sp³-hybridized carbons (Fsp3) is 0.154. The normalized spacial score (nSPS) is 10.8. The summed E-state index contributed by atoms with van der Waals surface area (Å²) in [6.07, 6.45) is -4.37. The lowest BCUT2D eigenvalue weighted by Gasteiger charge is -2.10. The van der Waals surface area contributed by atoms with Crippen LogP contribution in [0.1, 0.15) is 5.69 Å². The number of nitrogens with one attached hydrogen (secondary N) is 1. The van der Waals surface area contributed by atoms with E-state index in [1.54, 1.807) is 18.2 Å². The molecule has 0 unspecified atom stereocenters. The van der Waals surface area contributed by atoms with Crippen LogP contribution >= 0.6 is 0 Å². The minimum absolute atomic E-state index is 0.115. The fourth-order valence-electron chi connectivity index (χ4n) is 1.41. The number of rotatable bonds is 4. The van der Waals surface area contributed by atoms with E-state index in [1.807, 2.05) is 6.07 Å². The molecule has 0 radical (unpaired) electrons. The molecule has 0 fully saturated rings. The Morgan fingerprint density at radius 1 is 1.10 bits per heavy atom. The molecule has 2 rings (SSSR count). The summed E-state index contributed by atoms with van der Waals surface area (Å²) in [5.41, 5.74) is 0.796. The molecular weight excluding hydrogens is 285 g/mol.